The molecule has 4 unspecified atom stereocenters. The molecule has 34 heavy (non-hydrogen) atoms. The van der Waals surface area contributed by atoms with Gasteiger partial charge in [-0.3, -0.25) is 9.59 Å². The number of benzene rings is 2. The van der Waals surface area contributed by atoms with E-state index < -0.39 is 37.9 Å². The Morgan fingerprint density at radius 3 is 2.56 bits per heavy atom. The predicted molar refractivity (Wildman–Crippen MR) is 133 cm³/mol. The number of carbonyl (C=O) groups is 2. The van der Waals surface area contributed by atoms with Gasteiger partial charge in [0, 0.05) is 40.9 Å². The third-order valence-electron chi connectivity index (χ3n) is 6.87. The number of thioether (sulfide) groups is 1. The van der Waals surface area contributed by atoms with Crippen LogP contribution in [0.5, 0.6) is 0 Å². The summed E-state index contributed by atoms with van der Waals surface area (Å²) >= 11 is 7.16. The Hall–Kier alpha value is -2.33. The summed E-state index contributed by atoms with van der Waals surface area (Å²) in [4.78, 5) is 27.2. The Bertz CT molecular complexity index is 1310. The van der Waals surface area contributed by atoms with E-state index in [1.54, 1.807) is 41.3 Å². The van der Waals surface area contributed by atoms with Gasteiger partial charge in [-0.15, -0.1) is 11.8 Å². The number of hydrogen-bond acceptors (Lipinski definition) is 5. The second kappa shape index (κ2) is 8.41. The summed E-state index contributed by atoms with van der Waals surface area (Å²) in [6.07, 6.45) is 2.52. The molecule has 1 saturated carbocycles. The third-order valence-corrected chi connectivity index (χ3v) is 10.8. The van der Waals surface area contributed by atoms with Gasteiger partial charge in [-0.25, -0.2) is 8.42 Å². The number of sulfonamides is 1. The molecule has 4 atom stereocenters. The van der Waals surface area contributed by atoms with E-state index in [4.69, 9.17) is 11.6 Å². The van der Waals surface area contributed by atoms with E-state index >= 15 is 0 Å². The zero-order valence-electron chi connectivity index (χ0n) is 18.3. The summed E-state index contributed by atoms with van der Waals surface area (Å²) in [5, 5.41) is 10.8. The van der Waals surface area contributed by atoms with Crippen molar-refractivity contribution in [3.8, 4) is 0 Å². The summed E-state index contributed by atoms with van der Waals surface area (Å²) in [6, 6.07) is 14.3. The fourth-order valence-electron chi connectivity index (χ4n) is 5.23. The van der Waals surface area contributed by atoms with Crippen molar-refractivity contribution in [2.24, 2.45) is 5.92 Å². The number of hydrogen-bond donors (Lipinski definition) is 2. The highest BCUT2D eigenvalue weighted by Crippen LogP contribution is 2.63. The number of aliphatic carboxylic acids is 1. The lowest BCUT2D eigenvalue weighted by Crippen LogP contribution is -2.49. The first kappa shape index (κ1) is 23.4. The van der Waals surface area contributed by atoms with E-state index in [1.165, 1.54) is 18.7 Å². The zero-order chi connectivity index (χ0) is 24.3. The van der Waals surface area contributed by atoms with Crippen molar-refractivity contribution in [1.29, 1.82) is 0 Å². The van der Waals surface area contributed by atoms with Gasteiger partial charge in [-0.05, 0) is 42.2 Å². The fourth-order valence-corrected chi connectivity index (χ4v) is 8.58. The topological polar surface area (TPSA) is 104 Å². The van der Waals surface area contributed by atoms with Gasteiger partial charge in [0.15, 0.2) is 0 Å². The first-order valence-electron chi connectivity index (χ1n) is 10.9. The van der Waals surface area contributed by atoms with Gasteiger partial charge in [0.05, 0.1) is 0 Å². The summed E-state index contributed by atoms with van der Waals surface area (Å²) < 4.78 is 28.6. The number of carboxylic acid groups (broad SMARTS) is 1. The fraction of sp³-hybridized carbons (Fsp3) is 0.333. The highest BCUT2D eigenvalue weighted by molar-refractivity contribution is 8.18. The molecule has 0 saturated heterocycles. The van der Waals surface area contributed by atoms with Crippen LogP contribution in [0, 0.1) is 5.92 Å². The molecule has 2 aliphatic heterocycles. The van der Waals surface area contributed by atoms with E-state index in [2.05, 4.69) is 4.72 Å². The minimum absolute atomic E-state index is 0.126. The van der Waals surface area contributed by atoms with E-state index in [9.17, 15) is 23.1 Å². The molecule has 2 heterocycles. The van der Waals surface area contributed by atoms with Crippen LogP contribution in [-0.4, -0.2) is 42.1 Å². The van der Waals surface area contributed by atoms with Gasteiger partial charge < -0.3 is 10.0 Å². The largest absolute Gasteiger partial charge is 0.480 e. The van der Waals surface area contributed by atoms with E-state index in [1.807, 2.05) is 18.2 Å². The minimum atomic E-state index is -3.98. The van der Waals surface area contributed by atoms with Crippen LogP contribution in [0.3, 0.4) is 0 Å². The predicted octanol–water partition coefficient (Wildman–Crippen LogP) is 4.06. The number of para-hydroxylation sites is 1. The van der Waals surface area contributed by atoms with Crippen molar-refractivity contribution in [3.63, 3.8) is 0 Å². The van der Waals surface area contributed by atoms with Crippen LogP contribution in [-0.2, 0) is 19.6 Å². The SMILES string of the molecule is CC(=O)N1CCC2C(c3ccccc31)C2(NS(=O)(=O)C1CC=C(c2ccc(Cl)cc2)S1)C(=O)O. The number of anilines is 1. The lowest BCUT2D eigenvalue weighted by Gasteiger charge is -2.26. The smallest absolute Gasteiger partial charge is 0.325 e. The maximum Gasteiger partial charge on any atom is 0.325 e. The van der Waals surface area contributed by atoms with Crippen LogP contribution in [0.1, 0.15) is 36.8 Å². The Morgan fingerprint density at radius 2 is 1.88 bits per heavy atom. The second-order valence-electron chi connectivity index (χ2n) is 8.78. The summed E-state index contributed by atoms with van der Waals surface area (Å²) in [5.74, 6) is -2.31. The number of amides is 1. The normalized spacial score (nSPS) is 27.9. The molecule has 0 bridgehead atoms. The Morgan fingerprint density at radius 1 is 1.18 bits per heavy atom. The average molecular weight is 519 g/mol. The lowest BCUT2D eigenvalue weighted by molar-refractivity contribution is -0.140. The molecular formula is C24H23ClN2O5S2. The number of fused-ring (bicyclic) bond motifs is 3. The van der Waals surface area contributed by atoms with Crippen LogP contribution in [0.4, 0.5) is 5.69 Å². The molecule has 1 aliphatic carbocycles. The summed E-state index contributed by atoms with van der Waals surface area (Å²) in [5.41, 5.74) is 0.576. The number of allylic oxidation sites excluding steroid dienone is 1. The molecule has 5 rings (SSSR count). The Labute approximate surface area is 207 Å². The number of nitrogens with one attached hydrogen (secondary N) is 1. The number of carbonyl (C=O) groups excluding carboxylic acids is 1. The monoisotopic (exact) mass is 518 g/mol. The number of carboxylic acids is 1. The van der Waals surface area contributed by atoms with Crippen molar-refractivity contribution in [1.82, 2.24) is 4.72 Å². The first-order chi connectivity index (χ1) is 16.1. The van der Waals surface area contributed by atoms with Crippen molar-refractivity contribution in [3.05, 3.63) is 70.8 Å². The quantitative estimate of drug-likeness (QED) is 0.618. The number of nitrogens with zero attached hydrogens (tertiary/aromatic N) is 1. The maximum absolute atomic E-state index is 13.4. The summed E-state index contributed by atoms with van der Waals surface area (Å²) in [7, 11) is -3.98. The van der Waals surface area contributed by atoms with Gasteiger partial charge in [-0.2, -0.15) is 4.72 Å². The first-order valence-corrected chi connectivity index (χ1v) is 13.7. The molecule has 2 aromatic carbocycles. The molecule has 178 valence electrons. The standard InChI is InChI=1S/C24H23ClN2O5S2/c1-14(28)27-13-12-18-22(17-4-2-3-5-19(17)27)24(18,23(29)30)26-34(31,32)21-11-10-20(33-21)15-6-8-16(25)9-7-15/h2-10,18,21-22,26H,11-13H2,1H3,(H,29,30). The summed E-state index contributed by atoms with van der Waals surface area (Å²) in [6.45, 7) is 1.81. The Balaban J connectivity index is 1.42. The van der Waals surface area contributed by atoms with E-state index in [0.717, 1.165) is 10.5 Å². The molecular weight excluding hydrogens is 496 g/mol. The van der Waals surface area contributed by atoms with Gasteiger partial charge in [0.2, 0.25) is 15.9 Å². The molecule has 0 aromatic heterocycles. The Kier molecular flexibility index (Phi) is 5.79. The number of rotatable bonds is 5. The molecule has 0 radical (unpaired) electrons. The average Bonchev–Trinajstić information content (AvgIpc) is 3.18. The van der Waals surface area contributed by atoms with Crippen molar-refractivity contribution in [2.45, 2.75) is 35.8 Å². The van der Waals surface area contributed by atoms with Crippen LogP contribution >= 0.6 is 23.4 Å². The van der Waals surface area contributed by atoms with Gasteiger partial charge >= 0.3 is 5.97 Å². The zero-order valence-corrected chi connectivity index (χ0v) is 20.7. The van der Waals surface area contributed by atoms with Crippen molar-refractivity contribution < 1.29 is 23.1 Å². The second-order valence-corrected chi connectivity index (χ2v) is 12.6. The molecule has 1 fully saturated rings. The van der Waals surface area contributed by atoms with Crippen molar-refractivity contribution in [2.75, 3.05) is 11.4 Å². The van der Waals surface area contributed by atoms with Crippen LogP contribution in [0.15, 0.2) is 54.6 Å². The van der Waals surface area contributed by atoms with E-state index in [0.29, 0.717) is 29.2 Å². The van der Waals surface area contributed by atoms with Crippen molar-refractivity contribution >= 4 is 55.9 Å². The van der Waals surface area contributed by atoms with Crippen LogP contribution in [0.25, 0.3) is 4.91 Å². The molecule has 3 aliphatic rings. The lowest BCUT2D eigenvalue weighted by atomic mass is 10.0. The van der Waals surface area contributed by atoms with Gasteiger partial charge in [0.1, 0.15) is 10.1 Å². The molecule has 0 spiro atoms. The van der Waals surface area contributed by atoms with E-state index in [-0.39, 0.29) is 12.3 Å². The number of halogens is 1. The van der Waals surface area contributed by atoms with Crippen LogP contribution in [0.2, 0.25) is 5.02 Å². The highest BCUT2D eigenvalue weighted by Gasteiger charge is 2.73. The highest BCUT2D eigenvalue weighted by atomic mass is 35.5. The maximum atomic E-state index is 13.4. The molecule has 1 amide bonds. The third kappa shape index (κ3) is 3.75. The van der Waals surface area contributed by atoms with Gasteiger partial charge in [-0.1, -0.05) is 48.0 Å². The molecule has 7 nitrogen and oxygen atoms in total. The molecule has 10 heteroatoms. The van der Waals surface area contributed by atoms with Crippen LogP contribution < -0.4 is 9.62 Å². The molecule has 2 N–H and O–H groups in total. The molecule has 2 aromatic rings. The van der Waals surface area contributed by atoms with Gasteiger partial charge in [0.25, 0.3) is 0 Å². The minimum Gasteiger partial charge on any atom is -0.480 e.